The van der Waals surface area contributed by atoms with E-state index in [1.807, 2.05) is 0 Å². The highest BCUT2D eigenvalue weighted by molar-refractivity contribution is 5.67. The third-order valence-electron chi connectivity index (χ3n) is 3.53. The van der Waals surface area contributed by atoms with Crippen molar-refractivity contribution in [3.8, 4) is 0 Å². The summed E-state index contributed by atoms with van der Waals surface area (Å²) in [5.41, 5.74) is 0. The fourth-order valence-electron chi connectivity index (χ4n) is 2.49. The van der Waals surface area contributed by atoms with Gasteiger partial charge in [-0.2, -0.15) is 0 Å². The summed E-state index contributed by atoms with van der Waals surface area (Å²) >= 11 is 0. The second kappa shape index (κ2) is 7.54. The van der Waals surface area contributed by atoms with Crippen molar-refractivity contribution in [1.29, 1.82) is 0 Å². The Labute approximate surface area is 105 Å². The number of alkyl carbamates (subject to hydrolysis) is 1. The number of methoxy groups -OCH3 is 1. The zero-order valence-corrected chi connectivity index (χ0v) is 11.4. The molecule has 2 atom stereocenters. The average Bonchev–Trinajstić information content (AvgIpc) is 2.35. The second-order valence-electron chi connectivity index (χ2n) is 4.96. The Kier molecular flexibility index (Phi) is 6.34. The number of nitrogens with one attached hydrogen (secondary N) is 1. The Morgan fingerprint density at radius 1 is 1.41 bits per heavy atom. The topological polar surface area (TPSA) is 41.6 Å². The lowest BCUT2D eigenvalue weighted by Gasteiger charge is -2.37. The Hall–Kier alpha value is -0.770. The van der Waals surface area contributed by atoms with Gasteiger partial charge >= 0.3 is 6.09 Å². The van der Waals surface area contributed by atoms with Crippen molar-refractivity contribution in [3.63, 3.8) is 0 Å². The van der Waals surface area contributed by atoms with Crippen LogP contribution in [-0.2, 0) is 4.74 Å². The third-order valence-corrected chi connectivity index (χ3v) is 3.53. The van der Waals surface area contributed by atoms with Crippen molar-refractivity contribution in [3.05, 3.63) is 0 Å². The first-order valence-corrected chi connectivity index (χ1v) is 6.76. The molecule has 0 bridgehead atoms. The fraction of sp³-hybridized carbons (Fsp3) is 0.923. The Bertz CT molecular complexity index is 233. The molecule has 0 aliphatic carbocycles. The first-order chi connectivity index (χ1) is 8.19. The lowest BCUT2D eigenvalue weighted by atomic mass is 9.92. The van der Waals surface area contributed by atoms with Gasteiger partial charge < -0.3 is 15.0 Å². The lowest BCUT2D eigenvalue weighted by molar-refractivity contribution is 0.122. The molecular formula is C13H26N2O2. The number of likely N-dealkylation sites (tertiary alicyclic amines) is 1. The van der Waals surface area contributed by atoms with Crippen LogP contribution in [0, 0.1) is 5.92 Å². The van der Waals surface area contributed by atoms with Gasteiger partial charge in [0.05, 0.1) is 7.11 Å². The smallest absolute Gasteiger partial charge is 0.407 e. The maximum absolute atomic E-state index is 11.2. The van der Waals surface area contributed by atoms with E-state index < -0.39 is 0 Å². The molecule has 0 aromatic rings. The van der Waals surface area contributed by atoms with E-state index in [9.17, 15) is 4.79 Å². The minimum absolute atomic E-state index is 0.248. The van der Waals surface area contributed by atoms with Crippen LogP contribution < -0.4 is 5.32 Å². The van der Waals surface area contributed by atoms with E-state index in [1.165, 1.54) is 32.9 Å². The van der Waals surface area contributed by atoms with Crippen LogP contribution in [0.1, 0.15) is 39.5 Å². The first kappa shape index (κ1) is 14.3. The zero-order valence-electron chi connectivity index (χ0n) is 11.4. The number of nitrogens with zero attached hydrogens (tertiary/aromatic N) is 1. The molecule has 4 heteroatoms. The zero-order chi connectivity index (χ0) is 12.7. The highest BCUT2D eigenvalue weighted by atomic mass is 16.5. The van der Waals surface area contributed by atoms with Gasteiger partial charge in [-0.05, 0) is 25.3 Å². The number of amides is 1. The minimum Gasteiger partial charge on any atom is -0.453 e. The average molecular weight is 242 g/mol. The van der Waals surface area contributed by atoms with Crippen LogP contribution in [0.2, 0.25) is 0 Å². The highest BCUT2D eigenvalue weighted by Crippen LogP contribution is 2.20. The van der Waals surface area contributed by atoms with Gasteiger partial charge in [-0.15, -0.1) is 0 Å². The molecule has 1 N–H and O–H groups in total. The van der Waals surface area contributed by atoms with Gasteiger partial charge in [0.1, 0.15) is 0 Å². The fourth-order valence-corrected chi connectivity index (χ4v) is 2.49. The van der Waals surface area contributed by atoms with Crippen LogP contribution in [-0.4, -0.2) is 43.8 Å². The van der Waals surface area contributed by atoms with E-state index in [2.05, 4.69) is 28.8 Å². The summed E-state index contributed by atoms with van der Waals surface area (Å²) in [5.74, 6) is 0.697. The molecule has 2 unspecified atom stereocenters. The Morgan fingerprint density at radius 3 is 2.76 bits per heavy atom. The number of hydrogen-bond donors (Lipinski definition) is 1. The molecule has 0 aromatic heterocycles. The lowest BCUT2D eigenvalue weighted by Crippen LogP contribution is -2.50. The number of unbranched alkanes of at least 4 members (excludes halogenated alkanes) is 1. The van der Waals surface area contributed by atoms with E-state index >= 15 is 0 Å². The van der Waals surface area contributed by atoms with Crippen molar-refractivity contribution >= 4 is 6.09 Å². The number of ether oxygens (including phenoxy) is 1. The van der Waals surface area contributed by atoms with Gasteiger partial charge in [-0.1, -0.05) is 26.7 Å². The van der Waals surface area contributed by atoms with E-state index in [0.29, 0.717) is 5.92 Å². The van der Waals surface area contributed by atoms with Crippen LogP contribution in [0.3, 0.4) is 0 Å². The van der Waals surface area contributed by atoms with Gasteiger partial charge in [0.25, 0.3) is 0 Å². The summed E-state index contributed by atoms with van der Waals surface area (Å²) in [6.07, 6.45) is 4.42. The molecule has 0 saturated carbocycles. The number of hydrogen-bond acceptors (Lipinski definition) is 3. The van der Waals surface area contributed by atoms with Gasteiger partial charge in [0.2, 0.25) is 0 Å². The van der Waals surface area contributed by atoms with Gasteiger partial charge in [-0.3, -0.25) is 0 Å². The predicted octanol–water partition coefficient (Wildman–Crippen LogP) is 2.24. The number of piperidine rings is 1. The van der Waals surface area contributed by atoms with E-state index in [4.69, 9.17) is 0 Å². The normalized spacial score (nSPS) is 25.6. The molecule has 0 aromatic carbocycles. The Morgan fingerprint density at radius 2 is 2.18 bits per heavy atom. The standard InChI is InChI=1S/C13H26N2O2/c1-4-6-7-15-9-11(5-2)8-12(10-15)14-13(16)17-3/h11-12H,4-10H2,1-3H3,(H,14,16). The van der Waals surface area contributed by atoms with Crippen molar-refractivity contribution in [2.24, 2.45) is 5.92 Å². The molecule has 1 heterocycles. The molecule has 1 amide bonds. The molecule has 1 fully saturated rings. The van der Waals surface area contributed by atoms with Crippen molar-refractivity contribution in [2.45, 2.75) is 45.6 Å². The quantitative estimate of drug-likeness (QED) is 0.804. The molecule has 1 aliphatic rings. The molecular weight excluding hydrogens is 216 g/mol. The van der Waals surface area contributed by atoms with E-state index in [0.717, 1.165) is 19.5 Å². The summed E-state index contributed by atoms with van der Waals surface area (Å²) in [4.78, 5) is 13.7. The van der Waals surface area contributed by atoms with Gasteiger partial charge in [0.15, 0.2) is 0 Å². The number of carbonyl (C=O) groups is 1. The summed E-state index contributed by atoms with van der Waals surface area (Å²) in [6.45, 7) is 7.72. The second-order valence-corrected chi connectivity index (χ2v) is 4.96. The molecule has 100 valence electrons. The maximum atomic E-state index is 11.2. The van der Waals surface area contributed by atoms with E-state index in [1.54, 1.807) is 0 Å². The van der Waals surface area contributed by atoms with Crippen molar-refractivity contribution in [2.75, 3.05) is 26.7 Å². The minimum atomic E-state index is -0.304. The highest BCUT2D eigenvalue weighted by Gasteiger charge is 2.26. The largest absolute Gasteiger partial charge is 0.453 e. The monoisotopic (exact) mass is 242 g/mol. The summed E-state index contributed by atoms with van der Waals surface area (Å²) in [5, 5.41) is 2.94. The third kappa shape index (κ3) is 4.94. The van der Waals surface area contributed by atoms with Gasteiger partial charge in [0, 0.05) is 19.1 Å². The summed E-state index contributed by atoms with van der Waals surface area (Å²) < 4.78 is 4.67. The van der Waals surface area contributed by atoms with Crippen LogP contribution in [0.25, 0.3) is 0 Å². The molecule has 1 aliphatic heterocycles. The molecule has 17 heavy (non-hydrogen) atoms. The van der Waals surface area contributed by atoms with Crippen molar-refractivity contribution < 1.29 is 9.53 Å². The molecule has 1 rings (SSSR count). The molecule has 0 spiro atoms. The van der Waals surface area contributed by atoms with Crippen LogP contribution in [0.4, 0.5) is 4.79 Å². The SMILES string of the molecule is CCCCN1CC(CC)CC(NC(=O)OC)C1. The summed E-state index contributed by atoms with van der Waals surface area (Å²) in [7, 11) is 1.42. The van der Waals surface area contributed by atoms with Gasteiger partial charge in [-0.25, -0.2) is 4.79 Å². The molecule has 4 nitrogen and oxygen atoms in total. The van der Waals surface area contributed by atoms with Crippen molar-refractivity contribution in [1.82, 2.24) is 10.2 Å². The first-order valence-electron chi connectivity index (χ1n) is 6.76. The van der Waals surface area contributed by atoms with Crippen LogP contribution in [0.15, 0.2) is 0 Å². The summed E-state index contributed by atoms with van der Waals surface area (Å²) in [6, 6.07) is 0.248. The maximum Gasteiger partial charge on any atom is 0.407 e. The van der Waals surface area contributed by atoms with Crippen LogP contribution >= 0.6 is 0 Å². The molecule has 1 saturated heterocycles. The molecule has 0 radical (unpaired) electrons. The number of carbonyl (C=O) groups excluding carboxylic acids is 1. The number of rotatable bonds is 5. The van der Waals surface area contributed by atoms with E-state index in [-0.39, 0.29) is 12.1 Å². The Balaban J connectivity index is 2.44. The van der Waals surface area contributed by atoms with Crippen LogP contribution in [0.5, 0.6) is 0 Å². The predicted molar refractivity (Wildman–Crippen MR) is 69.1 cm³/mol.